The first-order valence-corrected chi connectivity index (χ1v) is 10.3. The highest BCUT2D eigenvalue weighted by Crippen LogP contribution is 2.19. The molecule has 0 spiro atoms. The number of allylic oxidation sites excluding steroid dienone is 1. The average molecular weight is 475 g/mol. The van der Waals surface area contributed by atoms with Gasteiger partial charge in [-0.1, -0.05) is 42.0 Å². The number of benzene rings is 1. The zero-order valence-electron chi connectivity index (χ0n) is 15.0. The van der Waals surface area contributed by atoms with E-state index < -0.39 is 10.8 Å². The number of nitrogens with zero attached hydrogens (tertiary/aromatic N) is 1. The quantitative estimate of drug-likeness (QED) is 0.262. The van der Waals surface area contributed by atoms with Crippen molar-refractivity contribution < 1.29 is 4.21 Å². The summed E-state index contributed by atoms with van der Waals surface area (Å²) in [6.45, 7) is 1.57. The van der Waals surface area contributed by atoms with Gasteiger partial charge in [-0.25, -0.2) is 0 Å². The van der Waals surface area contributed by atoms with Crippen LogP contribution in [0.2, 0.25) is 0 Å². The first kappa shape index (κ1) is 22.2. The van der Waals surface area contributed by atoms with Crippen molar-refractivity contribution in [3.8, 4) is 0 Å². The molecule has 1 unspecified atom stereocenters. The third-order valence-corrected chi connectivity index (χ3v) is 5.45. The molecule has 0 aliphatic heterocycles. The number of nitrogens with one attached hydrogen (secondary N) is 2. The Morgan fingerprint density at radius 2 is 1.92 bits per heavy atom. The lowest BCUT2D eigenvalue weighted by Gasteiger charge is -2.15. The van der Waals surface area contributed by atoms with Gasteiger partial charge in [0.05, 0.1) is 0 Å². The minimum atomic E-state index is -0.853. The van der Waals surface area contributed by atoms with Crippen molar-refractivity contribution in [1.29, 1.82) is 0 Å². The van der Waals surface area contributed by atoms with Gasteiger partial charge in [0.15, 0.2) is 5.96 Å². The van der Waals surface area contributed by atoms with E-state index in [2.05, 4.69) is 21.7 Å². The Morgan fingerprint density at radius 1 is 1.16 bits per heavy atom. The Morgan fingerprint density at radius 3 is 2.60 bits per heavy atom. The van der Waals surface area contributed by atoms with E-state index in [4.69, 9.17) is 0 Å². The van der Waals surface area contributed by atoms with E-state index >= 15 is 0 Å². The number of hydrogen-bond donors (Lipinski definition) is 2. The predicted octanol–water partition coefficient (Wildman–Crippen LogP) is 3.61. The molecule has 4 nitrogen and oxygen atoms in total. The maximum Gasteiger partial charge on any atom is 0.191 e. The Hall–Kier alpha value is -0.890. The molecule has 25 heavy (non-hydrogen) atoms. The van der Waals surface area contributed by atoms with E-state index in [1.54, 1.807) is 12.6 Å². The van der Waals surface area contributed by atoms with Crippen molar-refractivity contribution in [1.82, 2.24) is 10.6 Å². The van der Waals surface area contributed by atoms with Crippen LogP contribution in [-0.2, 0) is 16.6 Å². The number of aliphatic imine (C=N–C) groups is 1. The van der Waals surface area contributed by atoms with Crippen molar-refractivity contribution in [3.63, 3.8) is 0 Å². The number of rotatable bonds is 8. The maximum atomic E-state index is 12.1. The first-order valence-electron chi connectivity index (χ1n) is 8.79. The molecular weight excluding hydrogens is 445 g/mol. The lowest BCUT2D eigenvalue weighted by atomic mass is 9.97. The normalized spacial score (nSPS) is 15.7. The van der Waals surface area contributed by atoms with Gasteiger partial charge in [0.2, 0.25) is 0 Å². The third kappa shape index (κ3) is 9.39. The Kier molecular flexibility index (Phi) is 11.8. The summed E-state index contributed by atoms with van der Waals surface area (Å²) in [5.74, 6) is 2.03. The van der Waals surface area contributed by atoms with E-state index in [1.807, 2.05) is 30.3 Å². The smallest absolute Gasteiger partial charge is 0.191 e. The molecule has 1 aromatic carbocycles. The van der Waals surface area contributed by atoms with Gasteiger partial charge in [0.1, 0.15) is 0 Å². The summed E-state index contributed by atoms with van der Waals surface area (Å²) in [4.78, 5) is 4.23. The number of hydrogen-bond acceptors (Lipinski definition) is 2. The molecule has 1 aliphatic carbocycles. The molecule has 0 aromatic heterocycles. The summed E-state index contributed by atoms with van der Waals surface area (Å²) < 4.78 is 12.1. The molecule has 0 fully saturated rings. The minimum absolute atomic E-state index is 0. The fourth-order valence-electron chi connectivity index (χ4n) is 2.81. The molecule has 1 atom stereocenters. The van der Waals surface area contributed by atoms with Crippen LogP contribution in [0.4, 0.5) is 0 Å². The summed E-state index contributed by atoms with van der Waals surface area (Å²) in [6.07, 6.45) is 8.60. The number of halogens is 1. The lowest BCUT2D eigenvalue weighted by molar-refractivity contribution is 0.665. The maximum absolute atomic E-state index is 12.1. The molecule has 2 rings (SSSR count). The van der Waals surface area contributed by atoms with E-state index in [0.29, 0.717) is 18.1 Å². The molecule has 0 saturated heterocycles. The Labute approximate surface area is 171 Å². The minimum Gasteiger partial charge on any atom is -0.356 e. The highest BCUT2D eigenvalue weighted by molar-refractivity contribution is 14.0. The first-order chi connectivity index (χ1) is 11.8. The van der Waals surface area contributed by atoms with E-state index in [1.165, 1.54) is 25.7 Å². The van der Waals surface area contributed by atoms with Crippen molar-refractivity contribution in [2.24, 2.45) is 4.99 Å². The topological polar surface area (TPSA) is 53.5 Å². The van der Waals surface area contributed by atoms with Gasteiger partial charge in [-0.3, -0.25) is 9.20 Å². The van der Waals surface area contributed by atoms with Crippen LogP contribution in [-0.4, -0.2) is 36.1 Å². The summed E-state index contributed by atoms with van der Waals surface area (Å²) in [6, 6.07) is 9.99. The summed E-state index contributed by atoms with van der Waals surface area (Å²) in [5.41, 5.74) is 2.69. The second-order valence-corrected chi connectivity index (χ2v) is 7.63. The molecule has 1 aromatic rings. The van der Waals surface area contributed by atoms with Gasteiger partial charge in [0, 0.05) is 42.4 Å². The molecule has 0 heterocycles. The zero-order chi connectivity index (χ0) is 17.0. The van der Waals surface area contributed by atoms with Crippen LogP contribution in [0.25, 0.3) is 0 Å². The summed E-state index contributed by atoms with van der Waals surface area (Å²) >= 11 is 0. The van der Waals surface area contributed by atoms with Crippen LogP contribution in [0.15, 0.2) is 47.0 Å². The second-order valence-electron chi connectivity index (χ2n) is 6.06. The summed E-state index contributed by atoms with van der Waals surface area (Å²) in [5, 5.41) is 6.59. The van der Waals surface area contributed by atoms with Gasteiger partial charge < -0.3 is 10.6 Å². The SMILES string of the molecule is CN=C(NCCC1=CCCCC1)NCCS(=O)Cc1ccccc1.I. The zero-order valence-corrected chi connectivity index (χ0v) is 18.1. The van der Waals surface area contributed by atoms with Crippen LogP contribution >= 0.6 is 24.0 Å². The predicted molar refractivity (Wildman–Crippen MR) is 119 cm³/mol. The fourth-order valence-corrected chi connectivity index (χ4v) is 3.85. The van der Waals surface area contributed by atoms with E-state index in [9.17, 15) is 4.21 Å². The van der Waals surface area contributed by atoms with Crippen molar-refractivity contribution in [2.75, 3.05) is 25.9 Å². The van der Waals surface area contributed by atoms with Crippen LogP contribution in [0.5, 0.6) is 0 Å². The third-order valence-electron chi connectivity index (χ3n) is 4.14. The van der Waals surface area contributed by atoms with Crippen LogP contribution in [0.1, 0.15) is 37.7 Å². The van der Waals surface area contributed by atoms with Crippen LogP contribution in [0, 0.1) is 0 Å². The summed E-state index contributed by atoms with van der Waals surface area (Å²) in [7, 11) is 0.921. The van der Waals surface area contributed by atoms with Gasteiger partial charge in [-0.05, 0) is 37.7 Å². The van der Waals surface area contributed by atoms with Gasteiger partial charge >= 0.3 is 0 Å². The fraction of sp³-hybridized carbons (Fsp3) is 0.526. The largest absolute Gasteiger partial charge is 0.356 e. The van der Waals surface area contributed by atoms with Gasteiger partial charge in [0.25, 0.3) is 0 Å². The molecule has 0 bridgehead atoms. The standard InChI is InChI=1S/C19H29N3OS.HI/c1-20-19(21-13-12-17-8-4-2-5-9-17)22-14-15-24(23)16-18-10-6-3-7-11-18;/h3,6-8,10-11H,2,4-5,9,12-16H2,1H3,(H2,20,21,22);1H. The molecule has 0 radical (unpaired) electrons. The molecule has 140 valence electrons. The Bertz CT molecular complexity index is 575. The molecule has 1 aliphatic rings. The van der Waals surface area contributed by atoms with Crippen molar-refractivity contribution in [3.05, 3.63) is 47.5 Å². The second kappa shape index (κ2) is 13.3. The molecule has 0 saturated carbocycles. The highest BCUT2D eigenvalue weighted by Gasteiger charge is 2.05. The molecular formula is C19H30IN3OS. The Balaban J connectivity index is 0.00000312. The molecule has 2 N–H and O–H groups in total. The van der Waals surface area contributed by atoms with Crippen molar-refractivity contribution in [2.45, 2.75) is 37.9 Å². The van der Waals surface area contributed by atoms with Gasteiger partial charge in [-0.2, -0.15) is 0 Å². The molecule has 0 amide bonds. The van der Waals surface area contributed by atoms with E-state index in [0.717, 1.165) is 24.5 Å². The molecule has 6 heteroatoms. The van der Waals surface area contributed by atoms with Crippen LogP contribution < -0.4 is 10.6 Å². The average Bonchev–Trinajstić information content (AvgIpc) is 2.62. The van der Waals surface area contributed by atoms with Crippen molar-refractivity contribution >= 4 is 40.7 Å². The van der Waals surface area contributed by atoms with Gasteiger partial charge in [-0.15, -0.1) is 24.0 Å². The lowest BCUT2D eigenvalue weighted by Crippen LogP contribution is -2.39. The monoisotopic (exact) mass is 475 g/mol. The van der Waals surface area contributed by atoms with Crippen LogP contribution in [0.3, 0.4) is 0 Å². The van der Waals surface area contributed by atoms with E-state index in [-0.39, 0.29) is 24.0 Å². The highest BCUT2D eigenvalue weighted by atomic mass is 127. The number of guanidine groups is 1.